The number of hydrogen-bond donors (Lipinski definition) is 0. The molecule has 0 saturated carbocycles. The van der Waals surface area contributed by atoms with E-state index in [9.17, 15) is 4.79 Å². The number of ether oxygens (including phenoxy) is 1. The molecule has 0 aliphatic carbocycles. The van der Waals surface area contributed by atoms with Gasteiger partial charge in [-0.25, -0.2) is 4.99 Å². The van der Waals surface area contributed by atoms with Crippen LogP contribution in [0.15, 0.2) is 35.8 Å². The van der Waals surface area contributed by atoms with Gasteiger partial charge in [-0.3, -0.25) is 4.79 Å². The second kappa shape index (κ2) is 5.24. The molecule has 3 aliphatic rings. The molecule has 0 unspecified atom stereocenters. The Balaban J connectivity index is 2.09. The van der Waals surface area contributed by atoms with Gasteiger partial charge >= 0.3 is 0 Å². The minimum atomic E-state index is -0.0285. The van der Waals surface area contributed by atoms with Crippen LogP contribution in [0.4, 0.5) is 0 Å². The first-order chi connectivity index (χ1) is 9.49. The van der Waals surface area contributed by atoms with Crippen molar-refractivity contribution in [2.24, 2.45) is 4.99 Å². The number of carbonyl (C=O) groups excluding carboxylic acids is 1. The second-order valence-corrected chi connectivity index (χ2v) is 7.64. The lowest BCUT2D eigenvalue weighted by Gasteiger charge is -2.19. The van der Waals surface area contributed by atoms with E-state index in [1.807, 2.05) is 0 Å². The van der Waals surface area contributed by atoms with Crippen molar-refractivity contribution in [1.82, 2.24) is 4.90 Å². The van der Waals surface area contributed by atoms with Crippen LogP contribution in [0.5, 0.6) is 0 Å². The van der Waals surface area contributed by atoms with Crippen molar-refractivity contribution in [1.29, 1.82) is 0 Å². The summed E-state index contributed by atoms with van der Waals surface area (Å²) in [6, 6.07) is 0. The van der Waals surface area contributed by atoms with Crippen LogP contribution in [0.2, 0.25) is 0 Å². The molecule has 20 heavy (non-hydrogen) atoms. The van der Waals surface area contributed by atoms with Gasteiger partial charge in [0.15, 0.2) is 0 Å². The molecule has 106 valence electrons. The van der Waals surface area contributed by atoms with Gasteiger partial charge in [0.2, 0.25) is 5.91 Å². The first-order valence-corrected chi connectivity index (χ1v) is 8.12. The van der Waals surface area contributed by atoms with Crippen LogP contribution >= 0.6 is 39.3 Å². The highest BCUT2D eigenvalue weighted by Crippen LogP contribution is 2.51. The highest BCUT2D eigenvalue weighted by Gasteiger charge is 2.35. The van der Waals surface area contributed by atoms with Crippen LogP contribution in [0.3, 0.4) is 0 Å². The van der Waals surface area contributed by atoms with Crippen molar-refractivity contribution in [2.45, 2.75) is 19.8 Å². The molecule has 0 radical (unpaired) electrons. The van der Waals surface area contributed by atoms with Crippen LogP contribution in [-0.2, 0) is 9.53 Å². The fraction of sp³-hybridized carbons (Fsp3) is 0.385. The van der Waals surface area contributed by atoms with E-state index in [0.29, 0.717) is 17.4 Å². The largest absolute Gasteiger partial charge is 0.487 e. The minimum absolute atomic E-state index is 0.0285. The molecule has 3 rings (SSSR count). The number of hydrogen-bond acceptors (Lipinski definition) is 4. The Labute approximate surface area is 134 Å². The van der Waals surface area contributed by atoms with Gasteiger partial charge in [-0.1, -0.05) is 23.4 Å². The highest BCUT2D eigenvalue weighted by atomic mass is 79.9. The molecular formula is C13H12BrClN2O2S. The topological polar surface area (TPSA) is 41.9 Å². The Bertz CT molecular complexity index is 636. The van der Waals surface area contributed by atoms with Gasteiger partial charge in [0.05, 0.1) is 3.81 Å². The quantitative estimate of drug-likeness (QED) is 0.648. The maximum Gasteiger partial charge on any atom is 0.224 e. The van der Waals surface area contributed by atoms with Crippen molar-refractivity contribution in [2.75, 3.05) is 13.7 Å². The third kappa shape index (κ3) is 2.23. The number of rotatable bonds is 0. The number of amides is 1. The zero-order valence-electron chi connectivity index (χ0n) is 11.0. The predicted octanol–water partition coefficient (Wildman–Crippen LogP) is 3.70. The molecule has 0 fully saturated rings. The van der Waals surface area contributed by atoms with Gasteiger partial charge in [-0.05, 0) is 27.9 Å². The fourth-order valence-electron chi connectivity index (χ4n) is 2.33. The average Bonchev–Trinajstić information content (AvgIpc) is 2.72. The smallest absolute Gasteiger partial charge is 0.224 e. The van der Waals surface area contributed by atoms with Crippen molar-refractivity contribution < 1.29 is 9.53 Å². The van der Waals surface area contributed by atoms with Crippen molar-refractivity contribution in [3.05, 3.63) is 30.8 Å². The molecule has 0 aromatic rings. The zero-order valence-corrected chi connectivity index (χ0v) is 14.2. The van der Waals surface area contributed by atoms with Gasteiger partial charge in [0.1, 0.15) is 28.3 Å². The van der Waals surface area contributed by atoms with Crippen LogP contribution in [0.25, 0.3) is 0 Å². The molecule has 7 heteroatoms. The molecule has 0 spiro atoms. The first-order valence-electron chi connectivity index (χ1n) is 6.14. The summed E-state index contributed by atoms with van der Waals surface area (Å²) in [4.78, 5) is 17.8. The lowest BCUT2D eigenvalue weighted by molar-refractivity contribution is -0.124. The van der Waals surface area contributed by atoms with Gasteiger partial charge in [-0.2, -0.15) is 0 Å². The monoisotopic (exact) mass is 374 g/mol. The first kappa shape index (κ1) is 14.2. The second-order valence-electron chi connectivity index (χ2n) is 4.70. The van der Waals surface area contributed by atoms with Gasteiger partial charge in [0, 0.05) is 26.0 Å². The Morgan fingerprint density at radius 2 is 2.25 bits per heavy atom. The Hall–Kier alpha value is -0.720. The number of nitrogens with zero attached hydrogens (tertiary/aromatic N) is 2. The molecule has 0 bridgehead atoms. The summed E-state index contributed by atoms with van der Waals surface area (Å²) in [6.07, 6.45) is 1.54. The molecule has 0 atom stereocenters. The molecule has 4 nitrogen and oxygen atoms in total. The van der Waals surface area contributed by atoms with E-state index < -0.39 is 0 Å². The summed E-state index contributed by atoms with van der Waals surface area (Å²) in [5.74, 6) is 1.54. The van der Waals surface area contributed by atoms with Crippen molar-refractivity contribution in [3.63, 3.8) is 0 Å². The molecule has 3 aliphatic heterocycles. The molecule has 1 amide bonds. The number of amidine groups is 1. The molecule has 3 heterocycles. The van der Waals surface area contributed by atoms with Crippen molar-refractivity contribution in [3.8, 4) is 0 Å². The summed E-state index contributed by atoms with van der Waals surface area (Å²) in [5, 5.41) is 0. The van der Waals surface area contributed by atoms with Gasteiger partial charge in [0.25, 0.3) is 0 Å². The molecule has 0 N–H and O–H groups in total. The average molecular weight is 376 g/mol. The molecule has 0 aromatic carbocycles. The maximum atomic E-state index is 11.5. The lowest BCUT2D eigenvalue weighted by atomic mass is 10.0. The van der Waals surface area contributed by atoms with Crippen molar-refractivity contribution >= 4 is 51.0 Å². The van der Waals surface area contributed by atoms with E-state index >= 15 is 0 Å². The van der Waals surface area contributed by atoms with Crippen LogP contribution in [0.1, 0.15) is 19.8 Å². The summed E-state index contributed by atoms with van der Waals surface area (Å²) in [7, 11) is 1.74. The normalized spacial score (nSPS) is 21.5. The third-order valence-electron chi connectivity index (χ3n) is 3.50. The highest BCUT2D eigenvalue weighted by molar-refractivity contribution is 9.14. The molecule has 0 saturated heterocycles. The summed E-state index contributed by atoms with van der Waals surface area (Å²) < 4.78 is 7.22. The van der Waals surface area contributed by atoms with Crippen LogP contribution in [-0.4, -0.2) is 30.3 Å². The van der Waals surface area contributed by atoms with E-state index in [4.69, 9.17) is 16.3 Å². The van der Waals surface area contributed by atoms with Gasteiger partial charge in [-0.15, -0.1) is 0 Å². The number of thioether (sulfide) groups is 1. The van der Waals surface area contributed by atoms with E-state index in [2.05, 4.69) is 20.9 Å². The molecular weight excluding hydrogens is 364 g/mol. The number of carbonyl (C=O) groups is 1. The lowest BCUT2D eigenvalue weighted by Crippen LogP contribution is -2.31. The summed E-state index contributed by atoms with van der Waals surface area (Å²) in [5.41, 5.74) is 2.91. The maximum absolute atomic E-state index is 11.5. The summed E-state index contributed by atoms with van der Waals surface area (Å²) in [6.45, 7) is 2.10. The predicted molar refractivity (Wildman–Crippen MR) is 84.5 cm³/mol. The van der Waals surface area contributed by atoms with E-state index in [0.717, 1.165) is 33.1 Å². The van der Waals surface area contributed by atoms with Crippen LogP contribution in [0, 0.1) is 0 Å². The third-order valence-corrected chi connectivity index (χ3v) is 5.50. The zero-order chi connectivity index (χ0) is 14.4. The van der Waals surface area contributed by atoms with Crippen LogP contribution < -0.4 is 0 Å². The minimum Gasteiger partial charge on any atom is -0.487 e. The number of aliphatic imine (C=N–C) groups is 1. The Morgan fingerprint density at radius 1 is 1.50 bits per heavy atom. The SMILES string of the molecule is CC(=O)N(C)C1=NC2=C(Cl)SC(Br)=C3OCC(=C23)CC1. The van der Waals surface area contributed by atoms with E-state index in [1.54, 1.807) is 11.9 Å². The summed E-state index contributed by atoms with van der Waals surface area (Å²) >= 11 is 11.2. The fourth-order valence-corrected chi connectivity index (χ4v) is 4.44. The Kier molecular flexibility index (Phi) is 3.73. The number of halogens is 2. The van der Waals surface area contributed by atoms with E-state index in [-0.39, 0.29) is 5.91 Å². The Morgan fingerprint density at radius 3 is 2.95 bits per heavy atom. The van der Waals surface area contributed by atoms with Gasteiger partial charge < -0.3 is 9.64 Å². The standard InChI is InChI=1S/C13H12BrClN2O2S/c1-6(18)17(2)8-4-3-7-5-19-11-9(7)10(16-8)13(15)20-12(11)14/h3-5H2,1-2H3. The van der Waals surface area contributed by atoms with E-state index in [1.165, 1.54) is 24.3 Å². The molecule has 0 aromatic heterocycles.